The smallest absolute Gasteiger partial charge is 0.321 e. The Morgan fingerprint density at radius 1 is 1.42 bits per heavy atom. The van der Waals surface area contributed by atoms with Crippen LogP contribution in [0.1, 0.15) is 5.56 Å². The standard InChI is InChI=1S/C13H13NO5/c1-17-12(16)13(6-18-7-13)8-2-3-9-10(4-8)19-5-11(15)14-9/h2-4H,5-7H2,1H3,(H,14,15). The molecule has 0 radical (unpaired) electrons. The van der Waals surface area contributed by atoms with Crippen LogP contribution in [-0.4, -0.2) is 38.8 Å². The highest BCUT2D eigenvalue weighted by Crippen LogP contribution is 2.38. The summed E-state index contributed by atoms with van der Waals surface area (Å²) in [5.74, 6) is 0.0562. The second-order valence-corrected chi connectivity index (χ2v) is 4.61. The first-order valence-corrected chi connectivity index (χ1v) is 5.89. The van der Waals surface area contributed by atoms with Crippen molar-refractivity contribution in [1.82, 2.24) is 0 Å². The number of anilines is 1. The minimum Gasteiger partial charge on any atom is -0.482 e. The monoisotopic (exact) mass is 263 g/mol. The molecule has 6 heteroatoms. The zero-order valence-electron chi connectivity index (χ0n) is 10.4. The third kappa shape index (κ3) is 1.76. The van der Waals surface area contributed by atoms with Crippen molar-refractivity contribution < 1.29 is 23.8 Å². The van der Waals surface area contributed by atoms with Crippen LogP contribution in [0.4, 0.5) is 5.69 Å². The van der Waals surface area contributed by atoms with Crippen LogP contribution < -0.4 is 10.1 Å². The Hall–Kier alpha value is -2.08. The zero-order valence-corrected chi connectivity index (χ0v) is 10.4. The number of fused-ring (bicyclic) bond motifs is 1. The van der Waals surface area contributed by atoms with Gasteiger partial charge in [-0.15, -0.1) is 0 Å². The molecule has 1 amide bonds. The molecule has 1 saturated heterocycles. The number of ether oxygens (including phenoxy) is 3. The predicted octanol–water partition coefficient (Wildman–Crippen LogP) is 0.458. The number of nitrogens with one attached hydrogen (secondary N) is 1. The Bertz CT molecular complexity index is 550. The quantitative estimate of drug-likeness (QED) is 0.785. The molecule has 2 aliphatic heterocycles. The van der Waals surface area contributed by atoms with E-state index >= 15 is 0 Å². The van der Waals surface area contributed by atoms with Gasteiger partial charge in [0, 0.05) is 0 Å². The lowest BCUT2D eigenvalue weighted by atomic mass is 9.78. The number of hydrogen-bond acceptors (Lipinski definition) is 5. The van der Waals surface area contributed by atoms with Crippen molar-refractivity contribution in [3.63, 3.8) is 0 Å². The molecule has 19 heavy (non-hydrogen) atoms. The minimum absolute atomic E-state index is 0.0157. The largest absolute Gasteiger partial charge is 0.482 e. The molecule has 0 saturated carbocycles. The van der Waals surface area contributed by atoms with E-state index in [1.54, 1.807) is 18.2 Å². The number of esters is 1. The number of benzene rings is 1. The maximum Gasteiger partial charge on any atom is 0.321 e. The van der Waals surface area contributed by atoms with E-state index in [1.807, 2.05) is 0 Å². The molecule has 3 rings (SSSR count). The first kappa shape index (κ1) is 12.0. The van der Waals surface area contributed by atoms with Crippen molar-refractivity contribution in [3.05, 3.63) is 23.8 Å². The number of rotatable bonds is 2. The van der Waals surface area contributed by atoms with Crippen LogP contribution in [0.2, 0.25) is 0 Å². The van der Waals surface area contributed by atoms with Gasteiger partial charge in [0.25, 0.3) is 5.91 Å². The normalized spacial score (nSPS) is 19.5. The maximum atomic E-state index is 11.9. The molecule has 0 unspecified atom stereocenters. The van der Waals surface area contributed by atoms with Gasteiger partial charge in [-0.05, 0) is 17.7 Å². The molecule has 2 heterocycles. The Kier molecular flexibility index (Phi) is 2.67. The van der Waals surface area contributed by atoms with Gasteiger partial charge >= 0.3 is 5.97 Å². The topological polar surface area (TPSA) is 73.9 Å². The molecule has 1 aromatic carbocycles. The van der Waals surface area contributed by atoms with Crippen LogP contribution >= 0.6 is 0 Å². The van der Waals surface area contributed by atoms with E-state index in [0.717, 1.165) is 5.56 Å². The molecule has 1 fully saturated rings. The van der Waals surface area contributed by atoms with E-state index in [9.17, 15) is 9.59 Å². The fourth-order valence-electron chi connectivity index (χ4n) is 2.28. The third-order valence-corrected chi connectivity index (χ3v) is 3.44. The van der Waals surface area contributed by atoms with Crippen LogP contribution in [0.5, 0.6) is 5.75 Å². The van der Waals surface area contributed by atoms with Crippen molar-refractivity contribution in [3.8, 4) is 5.75 Å². The van der Waals surface area contributed by atoms with Gasteiger partial charge in [-0.2, -0.15) is 0 Å². The SMILES string of the molecule is COC(=O)C1(c2ccc3c(c2)OCC(=O)N3)COC1. The van der Waals surface area contributed by atoms with Crippen LogP contribution in [0.3, 0.4) is 0 Å². The highest BCUT2D eigenvalue weighted by molar-refractivity contribution is 5.95. The molecule has 0 spiro atoms. The second-order valence-electron chi connectivity index (χ2n) is 4.61. The Morgan fingerprint density at radius 3 is 2.84 bits per heavy atom. The van der Waals surface area contributed by atoms with Gasteiger partial charge in [0.05, 0.1) is 26.0 Å². The Labute approximate surface area is 109 Å². The summed E-state index contributed by atoms with van der Waals surface area (Å²) in [6.07, 6.45) is 0. The molecule has 0 bridgehead atoms. The first-order chi connectivity index (χ1) is 9.15. The van der Waals surface area contributed by atoms with Crippen LogP contribution in [-0.2, 0) is 24.5 Å². The fourth-order valence-corrected chi connectivity index (χ4v) is 2.28. The second kappa shape index (κ2) is 4.24. The van der Waals surface area contributed by atoms with Gasteiger partial charge in [0.2, 0.25) is 0 Å². The summed E-state index contributed by atoms with van der Waals surface area (Å²) < 4.78 is 15.4. The van der Waals surface area contributed by atoms with Crippen LogP contribution in [0.25, 0.3) is 0 Å². The lowest BCUT2D eigenvalue weighted by Crippen LogP contribution is -2.53. The summed E-state index contributed by atoms with van der Waals surface area (Å²) in [6, 6.07) is 5.27. The van der Waals surface area contributed by atoms with Crippen LogP contribution in [0.15, 0.2) is 18.2 Å². The van der Waals surface area contributed by atoms with Gasteiger partial charge in [-0.25, -0.2) is 0 Å². The number of carbonyl (C=O) groups is 2. The summed E-state index contributed by atoms with van der Waals surface area (Å²) in [4.78, 5) is 23.1. The highest BCUT2D eigenvalue weighted by Gasteiger charge is 2.49. The molecule has 0 aromatic heterocycles. The van der Waals surface area contributed by atoms with Gasteiger partial charge in [-0.1, -0.05) is 6.07 Å². The van der Waals surface area contributed by atoms with E-state index in [2.05, 4.69) is 5.32 Å². The molecule has 1 N–H and O–H groups in total. The summed E-state index contributed by atoms with van der Waals surface area (Å²) in [7, 11) is 1.36. The van der Waals surface area contributed by atoms with Gasteiger partial charge in [0.15, 0.2) is 6.61 Å². The molecule has 0 atom stereocenters. The predicted molar refractivity (Wildman–Crippen MR) is 65.1 cm³/mol. The van der Waals surface area contributed by atoms with E-state index in [0.29, 0.717) is 24.7 Å². The Morgan fingerprint density at radius 2 is 2.21 bits per heavy atom. The van der Waals surface area contributed by atoms with E-state index in [1.165, 1.54) is 7.11 Å². The Balaban J connectivity index is 1.98. The summed E-state index contributed by atoms with van der Waals surface area (Å²) in [5.41, 5.74) is 0.634. The van der Waals surface area contributed by atoms with E-state index < -0.39 is 5.41 Å². The number of hydrogen-bond donors (Lipinski definition) is 1. The number of amides is 1. The van der Waals surface area contributed by atoms with Crippen molar-refractivity contribution in [2.75, 3.05) is 32.2 Å². The molecule has 100 valence electrons. The molecular weight excluding hydrogens is 250 g/mol. The lowest BCUT2D eigenvalue weighted by molar-refractivity contribution is -0.166. The van der Waals surface area contributed by atoms with Crippen molar-refractivity contribution in [1.29, 1.82) is 0 Å². The molecule has 6 nitrogen and oxygen atoms in total. The fraction of sp³-hybridized carbons (Fsp3) is 0.385. The molecule has 1 aromatic rings. The van der Waals surface area contributed by atoms with Gasteiger partial charge in [-0.3, -0.25) is 9.59 Å². The summed E-state index contributed by atoms with van der Waals surface area (Å²) >= 11 is 0. The zero-order chi connectivity index (χ0) is 13.5. The summed E-state index contributed by atoms with van der Waals surface area (Å²) in [5, 5.41) is 2.71. The number of carbonyl (C=O) groups excluding carboxylic acids is 2. The van der Waals surface area contributed by atoms with Gasteiger partial charge in [0.1, 0.15) is 11.2 Å². The van der Waals surface area contributed by atoms with Gasteiger partial charge < -0.3 is 19.5 Å². The first-order valence-electron chi connectivity index (χ1n) is 5.89. The average Bonchev–Trinajstić information content (AvgIpc) is 2.37. The maximum absolute atomic E-state index is 11.9. The summed E-state index contributed by atoms with van der Waals surface area (Å²) in [6.45, 7) is 0.577. The average molecular weight is 263 g/mol. The van der Waals surface area contributed by atoms with Crippen molar-refractivity contribution in [2.24, 2.45) is 0 Å². The van der Waals surface area contributed by atoms with E-state index in [-0.39, 0.29) is 18.5 Å². The van der Waals surface area contributed by atoms with E-state index in [4.69, 9.17) is 14.2 Å². The van der Waals surface area contributed by atoms with Crippen molar-refractivity contribution in [2.45, 2.75) is 5.41 Å². The number of methoxy groups -OCH3 is 1. The lowest BCUT2D eigenvalue weighted by Gasteiger charge is -2.39. The highest BCUT2D eigenvalue weighted by atomic mass is 16.5. The third-order valence-electron chi connectivity index (χ3n) is 3.44. The van der Waals surface area contributed by atoms with Crippen LogP contribution in [0, 0.1) is 0 Å². The van der Waals surface area contributed by atoms with Crippen molar-refractivity contribution >= 4 is 17.6 Å². The molecular formula is C13H13NO5. The molecule has 2 aliphatic rings. The molecule has 0 aliphatic carbocycles. The minimum atomic E-state index is -0.755.